The predicted molar refractivity (Wildman–Crippen MR) is 131 cm³/mol. The lowest BCUT2D eigenvalue weighted by Gasteiger charge is -2.39. The van der Waals surface area contributed by atoms with Gasteiger partial charge in [0.2, 0.25) is 0 Å². The molecule has 2 radical (unpaired) electrons. The number of benzene rings is 4. The molecule has 30 heavy (non-hydrogen) atoms. The van der Waals surface area contributed by atoms with E-state index >= 15 is 0 Å². The Bertz CT molecular complexity index is 1150. The molecule has 0 fully saturated rings. The van der Waals surface area contributed by atoms with Gasteiger partial charge >= 0.3 is 0 Å². The van der Waals surface area contributed by atoms with Crippen LogP contribution in [0.2, 0.25) is 0 Å². The van der Waals surface area contributed by atoms with Crippen LogP contribution in [-0.4, -0.2) is 7.85 Å². The number of fused-ring (bicyclic) bond motifs is 1. The van der Waals surface area contributed by atoms with E-state index in [1.165, 1.54) is 55.3 Å². The zero-order valence-corrected chi connectivity index (χ0v) is 18.9. The lowest BCUT2D eigenvalue weighted by molar-refractivity contribution is 0.842. The van der Waals surface area contributed by atoms with E-state index in [0.717, 1.165) is 5.56 Å². The van der Waals surface area contributed by atoms with Crippen molar-refractivity contribution in [3.05, 3.63) is 117 Å². The molecular formula is C29H29B. The summed E-state index contributed by atoms with van der Waals surface area (Å²) >= 11 is 0. The van der Waals surface area contributed by atoms with Crippen molar-refractivity contribution in [2.45, 2.75) is 46.9 Å². The molecule has 0 amide bonds. The largest absolute Gasteiger partial charge is 0.0941 e. The van der Waals surface area contributed by atoms with Gasteiger partial charge in [-0.2, -0.15) is 0 Å². The lowest BCUT2D eigenvalue weighted by atomic mass is 9.52. The molecule has 0 bridgehead atoms. The van der Waals surface area contributed by atoms with E-state index in [4.69, 9.17) is 7.85 Å². The van der Waals surface area contributed by atoms with E-state index in [0.29, 0.717) is 0 Å². The summed E-state index contributed by atoms with van der Waals surface area (Å²) in [6.45, 7) is 13.1. The molecule has 148 valence electrons. The Morgan fingerprint density at radius 3 is 1.50 bits per heavy atom. The van der Waals surface area contributed by atoms with Crippen molar-refractivity contribution in [1.29, 1.82) is 0 Å². The number of hydrogen-bond acceptors (Lipinski definition) is 0. The molecule has 1 heteroatoms. The van der Waals surface area contributed by atoms with E-state index in [1.54, 1.807) is 0 Å². The van der Waals surface area contributed by atoms with Gasteiger partial charge in [0.25, 0.3) is 0 Å². The lowest BCUT2D eigenvalue weighted by Crippen LogP contribution is -2.34. The van der Waals surface area contributed by atoms with Crippen LogP contribution in [0.1, 0.15) is 50.1 Å². The maximum Gasteiger partial charge on any atom is 0.0941 e. The van der Waals surface area contributed by atoms with Gasteiger partial charge in [0.05, 0.1) is 7.85 Å². The number of rotatable bonds is 3. The van der Waals surface area contributed by atoms with Crippen LogP contribution in [0.3, 0.4) is 0 Å². The minimum atomic E-state index is -0.745. The maximum atomic E-state index is 7.63. The molecule has 0 heterocycles. The standard InChI is InChI=1S/C29H29B/c1-18-14-20(3)27(21(4)15-18)29(30,28-22(5)16-19(2)17-23(28)6)26-13-9-11-24-10-7-8-12-25(24)26/h7-17H,1-6H3. The molecule has 0 spiro atoms. The van der Waals surface area contributed by atoms with Crippen LogP contribution in [0.15, 0.2) is 66.7 Å². The molecule has 4 aromatic carbocycles. The van der Waals surface area contributed by atoms with E-state index < -0.39 is 5.31 Å². The van der Waals surface area contributed by atoms with Crippen molar-refractivity contribution in [2.24, 2.45) is 0 Å². The Morgan fingerprint density at radius 1 is 0.567 bits per heavy atom. The Balaban J connectivity index is 2.21. The molecule has 0 aliphatic carbocycles. The zero-order valence-electron chi connectivity index (χ0n) is 18.9. The molecule has 0 aromatic heterocycles. The highest BCUT2D eigenvalue weighted by Gasteiger charge is 2.36. The first-order valence-corrected chi connectivity index (χ1v) is 10.7. The number of hydrogen-bond donors (Lipinski definition) is 0. The van der Waals surface area contributed by atoms with Gasteiger partial charge in [-0.3, -0.25) is 0 Å². The van der Waals surface area contributed by atoms with Crippen LogP contribution in [0.5, 0.6) is 0 Å². The monoisotopic (exact) mass is 388 g/mol. The minimum Gasteiger partial charge on any atom is -0.0616 e. The number of aryl methyl sites for hydroxylation is 6. The smallest absolute Gasteiger partial charge is 0.0616 e. The molecule has 0 aliphatic heterocycles. The Morgan fingerprint density at radius 2 is 1.00 bits per heavy atom. The van der Waals surface area contributed by atoms with Gasteiger partial charge < -0.3 is 0 Å². The maximum absolute atomic E-state index is 7.63. The molecule has 0 atom stereocenters. The third-order valence-corrected chi connectivity index (χ3v) is 6.36. The van der Waals surface area contributed by atoms with Gasteiger partial charge in [-0.15, -0.1) is 0 Å². The fourth-order valence-corrected chi connectivity index (χ4v) is 5.57. The summed E-state index contributed by atoms with van der Waals surface area (Å²) in [5, 5.41) is 1.68. The van der Waals surface area contributed by atoms with Crippen LogP contribution >= 0.6 is 0 Å². The molecule has 4 rings (SSSR count). The molecular weight excluding hydrogens is 359 g/mol. The van der Waals surface area contributed by atoms with E-state index in [9.17, 15) is 0 Å². The highest BCUT2D eigenvalue weighted by atomic mass is 14.4. The summed E-state index contributed by atoms with van der Waals surface area (Å²) in [5.41, 5.74) is 11.1. The van der Waals surface area contributed by atoms with Crippen molar-refractivity contribution < 1.29 is 0 Å². The van der Waals surface area contributed by atoms with Crippen LogP contribution in [0, 0.1) is 41.5 Å². The average molecular weight is 388 g/mol. The van der Waals surface area contributed by atoms with E-state index in [-0.39, 0.29) is 0 Å². The Hall–Kier alpha value is -2.80. The van der Waals surface area contributed by atoms with Crippen molar-refractivity contribution in [2.75, 3.05) is 0 Å². The second kappa shape index (κ2) is 7.47. The fourth-order valence-electron chi connectivity index (χ4n) is 5.57. The molecule has 0 unspecified atom stereocenters. The first-order chi connectivity index (χ1) is 14.2. The average Bonchev–Trinajstić information content (AvgIpc) is 2.65. The van der Waals surface area contributed by atoms with Crippen LogP contribution in [-0.2, 0) is 5.31 Å². The second-order valence-corrected chi connectivity index (χ2v) is 8.88. The van der Waals surface area contributed by atoms with Crippen molar-refractivity contribution >= 4 is 18.6 Å². The summed E-state index contributed by atoms with van der Waals surface area (Å²) in [5.74, 6) is 0. The molecule has 0 saturated carbocycles. The van der Waals surface area contributed by atoms with Crippen LogP contribution < -0.4 is 0 Å². The second-order valence-electron chi connectivity index (χ2n) is 8.88. The van der Waals surface area contributed by atoms with E-state index in [2.05, 4.69) is 108 Å². The summed E-state index contributed by atoms with van der Waals surface area (Å²) in [6, 6.07) is 24.1. The third kappa shape index (κ3) is 3.17. The first kappa shape index (κ1) is 20.5. The molecule has 0 saturated heterocycles. The van der Waals surface area contributed by atoms with E-state index in [1.807, 2.05) is 0 Å². The topological polar surface area (TPSA) is 0 Å². The van der Waals surface area contributed by atoms with Crippen LogP contribution in [0.25, 0.3) is 10.8 Å². The SMILES string of the molecule is [B]C(c1c(C)cc(C)cc1C)(c1c(C)cc(C)cc1C)c1cccc2ccccc12. The third-order valence-electron chi connectivity index (χ3n) is 6.36. The molecule has 0 aliphatic rings. The summed E-state index contributed by atoms with van der Waals surface area (Å²) in [6.07, 6.45) is 0. The van der Waals surface area contributed by atoms with Crippen molar-refractivity contribution in [3.63, 3.8) is 0 Å². The van der Waals surface area contributed by atoms with Gasteiger partial charge in [0.1, 0.15) is 0 Å². The van der Waals surface area contributed by atoms with Gasteiger partial charge in [-0.1, -0.05) is 77.9 Å². The summed E-state index contributed by atoms with van der Waals surface area (Å²) < 4.78 is 0. The fraction of sp³-hybridized carbons (Fsp3) is 0.241. The highest BCUT2D eigenvalue weighted by molar-refractivity contribution is 6.23. The van der Waals surface area contributed by atoms with Gasteiger partial charge in [0, 0.05) is 5.31 Å². The van der Waals surface area contributed by atoms with Crippen LogP contribution in [0.4, 0.5) is 0 Å². The quantitative estimate of drug-likeness (QED) is 0.258. The van der Waals surface area contributed by atoms with Gasteiger partial charge in [-0.25, -0.2) is 0 Å². The normalized spacial score (nSPS) is 11.8. The molecule has 0 N–H and O–H groups in total. The molecule has 0 nitrogen and oxygen atoms in total. The highest BCUT2D eigenvalue weighted by Crippen LogP contribution is 2.45. The predicted octanol–water partition coefficient (Wildman–Crippen LogP) is 7.15. The molecule has 4 aromatic rings. The Labute approximate surface area is 182 Å². The van der Waals surface area contributed by atoms with Crippen molar-refractivity contribution in [1.82, 2.24) is 0 Å². The zero-order chi connectivity index (χ0) is 21.6. The van der Waals surface area contributed by atoms with Gasteiger partial charge in [0.15, 0.2) is 0 Å². The summed E-state index contributed by atoms with van der Waals surface area (Å²) in [4.78, 5) is 0. The minimum absolute atomic E-state index is 0.745. The Kier molecular flexibility index (Phi) is 5.10. The summed E-state index contributed by atoms with van der Waals surface area (Å²) in [7, 11) is 7.63. The van der Waals surface area contributed by atoms with Gasteiger partial charge in [-0.05, 0) is 91.3 Å². The first-order valence-electron chi connectivity index (χ1n) is 10.7. The van der Waals surface area contributed by atoms with Crippen molar-refractivity contribution in [3.8, 4) is 0 Å².